The number of pyridine rings is 1. The average molecular weight is 500 g/mol. The summed E-state index contributed by atoms with van der Waals surface area (Å²) in [6, 6.07) is 8.96. The molecule has 37 heavy (non-hydrogen) atoms. The highest BCUT2D eigenvalue weighted by Crippen LogP contribution is 2.69. The second-order valence-electron chi connectivity index (χ2n) is 13.0. The topological polar surface area (TPSA) is 91.8 Å². The number of hydrogen-bond donors (Lipinski definition) is 3. The van der Waals surface area contributed by atoms with E-state index in [1.54, 1.807) is 0 Å². The highest BCUT2D eigenvalue weighted by atomic mass is 16.5. The molecule has 6 nitrogen and oxygen atoms in total. The molecule has 0 amide bonds. The van der Waals surface area contributed by atoms with Crippen LogP contribution < -0.4 is 5.73 Å². The molecule has 3 aliphatic heterocycles. The first kappa shape index (κ1) is 22.9. The average Bonchev–Trinajstić information content (AvgIpc) is 3.35. The van der Waals surface area contributed by atoms with Crippen molar-refractivity contribution in [2.75, 3.05) is 13.1 Å². The number of rotatable bonds is 2. The first-order valence-electron chi connectivity index (χ1n) is 14.2. The van der Waals surface area contributed by atoms with Crippen molar-refractivity contribution >= 4 is 10.8 Å². The van der Waals surface area contributed by atoms with Crippen LogP contribution in [0.1, 0.15) is 56.9 Å². The third kappa shape index (κ3) is 2.86. The fourth-order valence-electron chi connectivity index (χ4n) is 9.52. The molecule has 2 bridgehead atoms. The Morgan fingerprint density at radius 2 is 1.95 bits per heavy atom. The van der Waals surface area contributed by atoms with Gasteiger partial charge in [0.15, 0.2) is 0 Å². The van der Waals surface area contributed by atoms with Gasteiger partial charge in [0, 0.05) is 54.8 Å². The molecule has 3 aliphatic carbocycles. The van der Waals surface area contributed by atoms with E-state index in [0.29, 0.717) is 0 Å². The Morgan fingerprint density at radius 3 is 2.78 bits per heavy atom. The molecule has 1 aromatic heterocycles. The number of fused-ring (bicyclic) bond motifs is 2. The van der Waals surface area contributed by atoms with Crippen LogP contribution >= 0.6 is 0 Å². The molecule has 1 aromatic carbocycles. The molecular weight excluding hydrogens is 462 g/mol. The first-order chi connectivity index (χ1) is 17.8. The summed E-state index contributed by atoms with van der Waals surface area (Å²) in [5.41, 5.74) is 8.70. The number of ether oxygens (including phenoxy) is 1. The number of nitrogens with two attached hydrogens (primary N) is 1. The maximum absolute atomic E-state index is 11.8. The molecule has 4 fully saturated rings. The zero-order valence-electron chi connectivity index (χ0n) is 21.5. The largest absolute Gasteiger partial charge is 0.392 e. The summed E-state index contributed by atoms with van der Waals surface area (Å²) >= 11 is 0. The van der Waals surface area contributed by atoms with Gasteiger partial charge in [-0.2, -0.15) is 0 Å². The quantitative estimate of drug-likeness (QED) is 0.587. The minimum absolute atomic E-state index is 0.0337. The number of aromatic nitrogens is 1. The van der Waals surface area contributed by atoms with Crippen LogP contribution in [0, 0.1) is 11.3 Å². The summed E-state index contributed by atoms with van der Waals surface area (Å²) in [5.74, 6) is 0.234. The van der Waals surface area contributed by atoms with Gasteiger partial charge < -0.3 is 20.7 Å². The molecule has 6 aliphatic rings. The second kappa shape index (κ2) is 7.51. The number of benzene rings is 1. The lowest BCUT2D eigenvalue weighted by Crippen LogP contribution is -2.68. The summed E-state index contributed by atoms with van der Waals surface area (Å²) in [7, 11) is 0. The van der Waals surface area contributed by atoms with Crippen molar-refractivity contribution in [2.24, 2.45) is 17.1 Å². The molecule has 4 heterocycles. The Hall–Kier alpha value is -2.09. The van der Waals surface area contributed by atoms with Crippen molar-refractivity contribution in [3.63, 3.8) is 0 Å². The number of aliphatic hydroxyl groups excluding tert-OH is 2. The van der Waals surface area contributed by atoms with E-state index in [2.05, 4.69) is 47.2 Å². The molecule has 2 spiro atoms. The molecule has 8 rings (SSSR count). The third-order valence-corrected chi connectivity index (χ3v) is 11.3. The van der Waals surface area contributed by atoms with E-state index in [0.717, 1.165) is 57.0 Å². The van der Waals surface area contributed by atoms with E-state index in [4.69, 9.17) is 10.5 Å². The second-order valence-corrected chi connectivity index (χ2v) is 13.0. The monoisotopic (exact) mass is 499 g/mol. The Morgan fingerprint density at radius 1 is 1.11 bits per heavy atom. The number of hydrogen-bond acceptors (Lipinski definition) is 6. The Kier molecular flexibility index (Phi) is 4.64. The fraction of sp³-hybridized carbons (Fsp3) is 0.581. The zero-order valence-corrected chi connectivity index (χ0v) is 21.5. The molecule has 2 saturated carbocycles. The zero-order chi connectivity index (χ0) is 25.2. The van der Waals surface area contributed by atoms with Crippen LogP contribution in [0.2, 0.25) is 0 Å². The third-order valence-electron chi connectivity index (χ3n) is 11.3. The standard InChI is InChI=1S/C31H37N3O3/c1-29-8-6-22-13-21-4-5-24(34-16-23(32)17-34)28(36)31(21)10-9-30(22,37-31)26(29)14-25(35)27(29)19-3-2-18-7-11-33-15-20(18)12-19/h2-3,6-7,11-13,15,23-28,35-36H,4-5,8-10,14,16-17,32H2,1H3/t24-,25-,26-,27+,28+,29+,30?,31+/m1/s1. The van der Waals surface area contributed by atoms with Crippen LogP contribution in [0.25, 0.3) is 10.8 Å². The summed E-state index contributed by atoms with van der Waals surface area (Å²) in [6.45, 7) is 4.09. The van der Waals surface area contributed by atoms with Gasteiger partial charge in [0.25, 0.3) is 0 Å². The lowest BCUT2D eigenvalue weighted by molar-refractivity contribution is -0.190. The van der Waals surface area contributed by atoms with Gasteiger partial charge in [0.05, 0.1) is 11.7 Å². The number of likely N-dealkylation sites (tertiary alicyclic amines) is 1. The summed E-state index contributed by atoms with van der Waals surface area (Å²) in [6.07, 6.45) is 12.9. The van der Waals surface area contributed by atoms with E-state index in [9.17, 15) is 10.2 Å². The van der Waals surface area contributed by atoms with Crippen molar-refractivity contribution < 1.29 is 14.9 Å². The predicted molar refractivity (Wildman–Crippen MR) is 142 cm³/mol. The molecular formula is C31H37N3O3. The van der Waals surface area contributed by atoms with E-state index in [-0.39, 0.29) is 29.3 Å². The molecule has 2 aromatic rings. The summed E-state index contributed by atoms with van der Waals surface area (Å²) in [5, 5.41) is 25.7. The number of nitrogens with zero attached hydrogens (tertiary/aromatic N) is 2. The highest BCUT2D eigenvalue weighted by Gasteiger charge is 2.70. The van der Waals surface area contributed by atoms with Gasteiger partial charge in [0.1, 0.15) is 11.7 Å². The van der Waals surface area contributed by atoms with Crippen molar-refractivity contribution in [3.05, 3.63) is 65.5 Å². The van der Waals surface area contributed by atoms with Gasteiger partial charge in [-0.1, -0.05) is 31.2 Å². The van der Waals surface area contributed by atoms with E-state index in [1.165, 1.54) is 22.1 Å². The van der Waals surface area contributed by atoms with Gasteiger partial charge in [-0.15, -0.1) is 0 Å². The Balaban J connectivity index is 1.18. The van der Waals surface area contributed by atoms with Crippen LogP contribution in [0.5, 0.6) is 0 Å². The van der Waals surface area contributed by atoms with Crippen LogP contribution in [-0.4, -0.2) is 68.7 Å². The Labute approximate surface area is 218 Å². The van der Waals surface area contributed by atoms with Gasteiger partial charge >= 0.3 is 0 Å². The molecule has 4 N–H and O–H groups in total. The van der Waals surface area contributed by atoms with Gasteiger partial charge in [-0.05, 0) is 78.2 Å². The van der Waals surface area contributed by atoms with Crippen LogP contribution in [0.15, 0.2) is 60.0 Å². The van der Waals surface area contributed by atoms with Gasteiger partial charge in [-0.3, -0.25) is 9.88 Å². The number of aliphatic hydroxyl groups is 2. The minimum Gasteiger partial charge on any atom is -0.392 e. The summed E-state index contributed by atoms with van der Waals surface area (Å²) in [4.78, 5) is 6.68. The Bertz CT molecular complexity index is 1350. The predicted octanol–water partition coefficient (Wildman–Crippen LogP) is 3.43. The lowest BCUT2D eigenvalue weighted by atomic mass is 9.58. The van der Waals surface area contributed by atoms with E-state index >= 15 is 0 Å². The van der Waals surface area contributed by atoms with Crippen LogP contribution in [0.4, 0.5) is 0 Å². The van der Waals surface area contributed by atoms with Crippen molar-refractivity contribution in [1.82, 2.24) is 9.88 Å². The summed E-state index contributed by atoms with van der Waals surface area (Å²) < 4.78 is 7.28. The molecule has 6 heteroatoms. The molecule has 194 valence electrons. The highest BCUT2D eigenvalue weighted by molar-refractivity contribution is 5.82. The van der Waals surface area contributed by atoms with Crippen molar-refractivity contribution in [2.45, 2.75) is 86.9 Å². The minimum atomic E-state index is -0.601. The van der Waals surface area contributed by atoms with Crippen molar-refractivity contribution in [1.29, 1.82) is 0 Å². The smallest absolute Gasteiger partial charge is 0.118 e. The van der Waals surface area contributed by atoms with Gasteiger partial charge in [0.2, 0.25) is 0 Å². The first-order valence-corrected chi connectivity index (χ1v) is 14.2. The SMILES string of the molecule is C[C@]12CC=C3C=C4CC[C@@H](N5CC(N)C5)[C@H](O)[C@]45CCC3(O5)[C@@H]1C[C@@H](O)[C@@H]2c1ccc2ccncc2c1. The lowest BCUT2D eigenvalue weighted by Gasteiger charge is -2.57. The van der Waals surface area contributed by atoms with E-state index < -0.39 is 23.4 Å². The fourth-order valence-corrected chi connectivity index (χ4v) is 9.52. The molecule has 0 radical (unpaired) electrons. The maximum atomic E-state index is 11.8. The molecule has 8 atom stereocenters. The van der Waals surface area contributed by atoms with E-state index in [1.807, 2.05) is 18.5 Å². The molecule has 2 saturated heterocycles. The number of allylic oxidation sites excluding steroid dienone is 1. The van der Waals surface area contributed by atoms with Crippen LogP contribution in [0.3, 0.4) is 0 Å². The molecule has 1 unspecified atom stereocenters. The normalized spacial score (nSPS) is 45.0. The van der Waals surface area contributed by atoms with Crippen molar-refractivity contribution in [3.8, 4) is 0 Å². The maximum Gasteiger partial charge on any atom is 0.118 e. The van der Waals surface area contributed by atoms with Gasteiger partial charge in [-0.25, -0.2) is 0 Å². The van der Waals surface area contributed by atoms with Crippen LogP contribution in [-0.2, 0) is 4.74 Å².